The number of methoxy groups -OCH3 is 1. The molecule has 0 aliphatic rings. The van der Waals surface area contributed by atoms with Gasteiger partial charge in [0.2, 0.25) is 0 Å². The SMILES string of the molecule is COc1ccc(CCn2c(-c3ccc(Br)cc3)csc2=Nc2cccnc2)cc1. The lowest BCUT2D eigenvalue weighted by Crippen LogP contribution is -2.17. The van der Waals surface area contributed by atoms with Gasteiger partial charge in [0.25, 0.3) is 0 Å². The molecule has 4 nitrogen and oxygen atoms in total. The number of aryl methyl sites for hydroxylation is 1. The van der Waals surface area contributed by atoms with Crippen molar-refractivity contribution < 1.29 is 4.74 Å². The molecule has 0 saturated heterocycles. The van der Waals surface area contributed by atoms with Gasteiger partial charge in [0.15, 0.2) is 4.80 Å². The summed E-state index contributed by atoms with van der Waals surface area (Å²) in [6.45, 7) is 0.834. The number of pyridine rings is 1. The number of aromatic nitrogens is 2. The molecule has 0 bridgehead atoms. The topological polar surface area (TPSA) is 39.4 Å². The normalized spacial score (nSPS) is 11.6. The lowest BCUT2D eigenvalue weighted by molar-refractivity contribution is 0.414. The predicted octanol–water partition coefficient (Wildman–Crippen LogP) is 5.86. The zero-order valence-corrected chi connectivity index (χ0v) is 18.4. The molecule has 0 fully saturated rings. The number of hydrogen-bond acceptors (Lipinski definition) is 4. The molecule has 4 rings (SSSR count). The van der Waals surface area contributed by atoms with Crippen LogP contribution in [0.15, 0.2) is 87.9 Å². The molecule has 0 aliphatic carbocycles. The molecule has 29 heavy (non-hydrogen) atoms. The van der Waals surface area contributed by atoms with E-state index in [1.807, 2.05) is 24.3 Å². The maximum atomic E-state index is 5.26. The van der Waals surface area contributed by atoms with Crippen molar-refractivity contribution in [3.05, 3.63) is 93.3 Å². The summed E-state index contributed by atoms with van der Waals surface area (Å²) < 4.78 is 8.62. The van der Waals surface area contributed by atoms with Gasteiger partial charge in [0, 0.05) is 22.6 Å². The molecule has 2 heterocycles. The summed E-state index contributed by atoms with van der Waals surface area (Å²) in [6, 6.07) is 20.5. The molecule has 0 atom stereocenters. The molecule has 2 aromatic carbocycles. The Balaban J connectivity index is 1.70. The highest BCUT2D eigenvalue weighted by Crippen LogP contribution is 2.23. The van der Waals surface area contributed by atoms with Crippen LogP contribution in [0.4, 0.5) is 5.69 Å². The summed E-state index contributed by atoms with van der Waals surface area (Å²) in [4.78, 5) is 9.98. The molecular weight excluding hydrogens is 446 g/mol. The van der Waals surface area contributed by atoms with Crippen LogP contribution in [0.5, 0.6) is 5.75 Å². The number of thiazole rings is 1. The Labute approximate surface area is 182 Å². The zero-order chi connectivity index (χ0) is 20.1. The van der Waals surface area contributed by atoms with E-state index in [0.717, 1.165) is 33.7 Å². The predicted molar refractivity (Wildman–Crippen MR) is 122 cm³/mol. The minimum absolute atomic E-state index is 0.834. The zero-order valence-electron chi connectivity index (χ0n) is 16.0. The number of nitrogens with zero attached hydrogens (tertiary/aromatic N) is 3. The monoisotopic (exact) mass is 465 g/mol. The van der Waals surface area contributed by atoms with Crippen molar-refractivity contribution in [3.8, 4) is 17.0 Å². The highest BCUT2D eigenvalue weighted by atomic mass is 79.9. The summed E-state index contributed by atoms with van der Waals surface area (Å²) in [5.74, 6) is 0.875. The lowest BCUT2D eigenvalue weighted by atomic mass is 10.1. The molecule has 0 N–H and O–H groups in total. The molecule has 0 radical (unpaired) electrons. The van der Waals surface area contributed by atoms with Crippen molar-refractivity contribution in [2.24, 2.45) is 4.99 Å². The maximum absolute atomic E-state index is 5.26. The van der Waals surface area contributed by atoms with Gasteiger partial charge in [-0.25, -0.2) is 4.99 Å². The van der Waals surface area contributed by atoms with E-state index in [1.165, 1.54) is 16.8 Å². The first-order valence-electron chi connectivity index (χ1n) is 9.25. The van der Waals surface area contributed by atoms with Crippen molar-refractivity contribution in [1.82, 2.24) is 9.55 Å². The summed E-state index contributed by atoms with van der Waals surface area (Å²) in [5, 5.41) is 2.17. The minimum atomic E-state index is 0.834. The van der Waals surface area contributed by atoms with Crippen LogP contribution < -0.4 is 9.54 Å². The first-order chi connectivity index (χ1) is 14.2. The fourth-order valence-electron chi connectivity index (χ4n) is 3.05. The second-order valence-electron chi connectivity index (χ2n) is 6.48. The van der Waals surface area contributed by atoms with Crippen molar-refractivity contribution in [2.75, 3.05) is 7.11 Å². The standard InChI is InChI=1S/C23H20BrN3OS/c1-28-21-10-4-17(5-11-21)12-14-27-22(18-6-8-19(24)9-7-18)16-29-23(27)26-20-3-2-13-25-15-20/h2-11,13,15-16H,12,14H2,1H3. The van der Waals surface area contributed by atoms with Gasteiger partial charge in [-0.1, -0.05) is 40.2 Å². The Hall–Kier alpha value is -2.70. The van der Waals surface area contributed by atoms with E-state index in [4.69, 9.17) is 9.73 Å². The number of rotatable bonds is 6. The second kappa shape index (κ2) is 9.20. The Morgan fingerprint density at radius 1 is 1.07 bits per heavy atom. The summed E-state index contributed by atoms with van der Waals surface area (Å²) in [7, 11) is 1.69. The van der Waals surface area contributed by atoms with Gasteiger partial charge >= 0.3 is 0 Å². The van der Waals surface area contributed by atoms with Crippen LogP contribution in [0.1, 0.15) is 5.56 Å². The van der Waals surface area contributed by atoms with E-state index in [2.05, 4.69) is 67.3 Å². The third-order valence-corrected chi connectivity index (χ3v) is 5.98. The van der Waals surface area contributed by atoms with Crippen molar-refractivity contribution >= 4 is 33.0 Å². The Kier molecular flexibility index (Phi) is 6.22. The highest BCUT2D eigenvalue weighted by Gasteiger charge is 2.09. The fourth-order valence-corrected chi connectivity index (χ4v) is 4.27. The van der Waals surface area contributed by atoms with Crippen LogP contribution in [0, 0.1) is 0 Å². The number of benzene rings is 2. The molecule has 0 saturated carbocycles. The van der Waals surface area contributed by atoms with Crippen LogP contribution in [-0.4, -0.2) is 16.7 Å². The van der Waals surface area contributed by atoms with Gasteiger partial charge < -0.3 is 9.30 Å². The summed E-state index contributed by atoms with van der Waals surface area (Å²) in [6.07, 6.45) is 4.45. The van der Waals surface area contributed by atoms with E-state index in [9.17, 15) is 0 Å². The van der Waals surface area contributed by atoms with Gasteiger partial charge in [0.1, 0.15) is 5.75 Å². The van der Waals surface area contributed by atoms with Crippen molar-refractivity contribution in [3.63, 3.8) is 0 Å². The molecule has 0 aliphatic heterocycles. The molecule has 146 valence electrons. The molecule has 6 heteroatoms. The third-order valence-electron chi connectivity index (χ3n) is 4.59. The second-order valence-corrected chi connectivity index (χ2v) is 8.24. The molecule has 0 amide bonds. The molecule has 4 aromatic rings. The number of halogens is 1. The highest BCUT2D eigenvalue weighted by molar-refractivity contribution is 9.10. The average Bonchev–Trinajstić information content (AvgIpc) is 3.16. The van der Waals surface area contributed by atoms with Crippen molar-refractivity contribution in [1.29, 1.82) is 0 Å². The maximum Gasteiger partial charge on any atom is 0.190 e. The minimum Gasteiger partial charge on any atom is -0.497 e. The fraction of sp³-hybridized carbons (Fsp3) is 0.130. The Morgan fingerprint density at radius 3 is 2.55 bits per heavy atom. The van der Waals surface area contributed by atoms with Gasteiger partial charge in [-0.15, -0.1) is 11.3 Å². The third kappa shape index (κ3) is 4.83. The Morgan fingerprint density at radius 2 is 1.86 bits per heavy atom. The smallest absolute Gasteiger partial charge is 0.190 e. The van der Waals surface area contributed by atoms with Crippen molar-refractivity contribution in [2.45, 2.75) is 13.0 Å². The largest absolute Gasteiger partial charge is 0.497 e. The lowest BCUT2D eigenvalue weighted by Gasteiger charge is -2.10. The molecular formula is C23H20BrN3OS. The van der Waals surface area contributed by atoms with Crippen LogP contribution in [0.3, 0.4) is 0 Å². The van der Waals surface area contributed by atoms with Crippen LogP contribution in [-0.2, 0) is 13.0 Å². The Bertz CT molecular complexity index is 1130. The van der Waals surface area contributed by atoms with E-state index >= 15 is 0 Å². The average molecular weight is 466 g/mol. The molecule has 0 spiro atoms. The number of ether oxygens (including phenoxy) is 1. The van der Waals surface area contributed by atoms with Gasteiger partial charge in [0.05, 0.1) is 24.7 Å². The van der Waals surface area contributed by atoms with Gasteiger partial charge in [-0.2, -0.15) is 0 Å². The number of hydrogen-bond donors (Lipinski definition) is 0. The quantitative estimate of drug-likeness (QED) is 0.357. The van der Waals surface area contributed by atoms with Gasteiger partial charge in [-0.05, 0) is 53.9 Å². The van der Waals surface area contributed by atoms with Crippen LogP contribution >= 0.6 is 27.3 Å². The first kappa shape index (κ1) is 19.6. The van der Waals surface area contributed by atoms with E-state index in [0.29, 0.717) is 0 Å². The summed E-state index contributed by atoms with van der Waals surface area (Å²) >= 11 is 5.17. The van der Waals surface area contributed by atoms with Crippen LogP contribution in [0.2, 0.25) is 0 Å². The van der Waals surface area contributed by atoms with Gasteiger partial charge in [-0.3, -0.25) is 4.98 Å². The summed E-state index contributed by atoms with van der Waals surface area (Å²) in [5.41, 5.74) is 4.46. The molecule has 0 unspecified atom stereocenters. The van der Waals surface area contributed by atoms with E-state index in [-0.39, 0.29) is 0 Å². The van der Waals surface area contributed by atoms with E-state index in [1.54, 1.807) is 30.8 Å². The van der Waals surface area contributed by atoms with E-state index < -0.39 is 0 Å². The van der Waals surface area contributed by atoms with Crippen LogP contribution in [0.25, 0.3) is 11.3 Å². The first-order valence-corrected chi connectivity index (χ1v) is 10.9. The molecule has 2 aromatic heterocycles.